The van der Waals surface area contributed by atoms with Crippen LogP contribution in [0.2, 0.25) is 0 Å². The molecule has 0 aliphatic carbocycles. The molecule has 0 bridgehead atoms. The highest BCUT2D eigenvalue weighted by Gasteiger charge is 2.31. The molecule has 0 saturated carbocycles. The number of pyridine rings is 1. The van der Waals surface area contributed by atoms with Crippen molar-refractivity contribution in [2.75, 3.05) is 35.6 Å². The molecule has 8 heteroatoms. The monoisotopic (exact) mass is 492 g/mol. The average molecular weight is 493 g/mol. The van der Waals surface area contributed by atoms with Crippen LogP contribution in [0.1, 0.15) is 49.1 Å². The van der Waals surface area contributed by atoms with E-state index in [0.717, 1.165) is 61.0 Å². The van der Waals surface area contributed by atoms with E-state index in [9.17, 15) is 4.39 Å². The number of nitrogens with one attached hydrogen (secondary N) is 1. The van der Waals surface area contributed by atoms with Crippen LogP contribution in [0.5, 0.6) is 0 Å². The van der Waals surface area contributed by atoms with Crippen molar-refractivity contribution in [3.05, 3.63) is 71.1 Å². The molecular weight excluding hydrogens is 459 g/mol. The van der Waals surface area contributed by atoms with Gasteiger partial charge in [0.1, 0.15) is 12.1 Å². The Hall–Kier alpha value is -2.71. The van der Waals surface area contributed by atoms with Crippen molar-refractivity contribution in [1.29, 1.82) is 0 Å². The predicted octanol–water partition coefficient (Wildman–Crippen LogP) is 5.12. The number of hydrogen-bond donors (Lipinski definition) is 2. The lowest BCUT2D eigenvalue weighted by Crippen LogP contribution is -2.42. The van der Waals surface area contributed by atoms with Crippen molar-refractivity contribution in [1.82, 2.24) is 19.9 Å². The van der Waals surface area contributed by atoms with Gasteiger partial charge in [-0.3, -0.25) is 4.90 Å². The maximum Gasteiger partial charge on any atom is 0.165 e. The lowest BCUT2D eigenvalue weighted by molar-refractivity contribution is 0.192. The van der Waals surface area contributed by atoms with Crippen LogP contribution in [-0.4, -0.2) is 45.2 Å². The smallest absolute Gasteiger partial charge is 0.165 e. The second kappa shape index (κ2) is 10.1. The highest BCUT2D eigenvalue weighted by molar-refractivity contribution is 7.80. The summed E-state index contributed by atoms with van der Waals surface area (Å²) in [5.41, 5.74) is 5.95. The predicted molar refractivity (Wildman–Crippen MR) is 142 cm³/mol. The van der Waals surface area contributed by atoms with Gasteiger partial charge in [-0.2, -0.15) is 12.6 Å². The van der Waals surface area contributed by atoms with Crippen LogP contribution in [-0.2, 0) is 24.9 Å². The third-order valence-corrected chi connectivity index (χ3v) is 7.35. The molecule has 0 spiro atoms. The Kier molecular flexibility index (Phi) is 6.93. The van der Waals surface area contributed by atoms with Gasteiger partial charge in [0.15, 0.2) is 11.6 Å². The number of nitrogens with zero attached hydrogens (tertiary/aromatic N) is 5. The van der Waals surface area contributed by atoms with Gasteiger partial charge in [-0.15, -0.1) is 0 Å². The van der Waals surface area contributed by atoms with Gasteiger partial charge in [0, 0.05) is 42.5 Å². The number of rotatable bonds is 7. The molecule has 0 amide bonds. The molecule has 5 rings (SSSR count). The van der Waals surface area contributed by atoms with Gasteiger partial charge in [0.2, 0.25) is 0 Å². The van der Waals surface area contributed by atoms with E-state index in [1.54, 1.807) is 18.6 Å². The first kappa shape index (κ1) is 24.0. The van der Waals surface area contributed by atoms with Gasteiger partial charge in [-0.1, -0.05) is 19.9 Å². The third-order valence-electron chi connectivity index (χ3n) is 7.04. The summed E-state index contributed by atoms with van der Waals surface area (Å²) in [5, 5.41) is 3.55. The summed E-state index contributed by atoms with van der Waals surface area (Å²) in [6, 6.07) is 9.76. The Labute approximate surface area is 212 Å². The van der Waals surface area contributed by atoms with E-state index in [0.29, 0.717) is 18.9 Å². The fourth-order valence-corrected chi connectivity index (χ4v) is 5.62. The minimum absolute atomic E-state index is 0.116. The molecule has 184 valence electrons. The molecule has 35 heavy (non-hydrogen) atoms. The molecule has 0 radical (unpaired) electrons. The summed E-state index contributed by atoms with van der Waals surface area (Å²) in [6.07, 6.45) is 6.27. The molecule has 0 atom stereocenters. The second-order valence-corrected chi connectivity index (χ2v) is 10.6. The number of benzene rings is 1. The molecule has 0 saturated heterocycles. The van der Waals surface area contributed by atoms with Gasteiger partial charge < -0.3 is 10.2 Å². The zero-order valence-electron chi connectivity index (χ0n) is 20.5. The molecule has 6 nitrogen and oxygen atoms in total. The first-order chi connectivity index (χ1) is 16.9. The van der Waals surface area contributed by atoms with Crippen LogP contribution in [0.3, 0.4) is 0 Å². The standard InChI is InChI=1S/C27H33FN6S/c1-27(2)17-33(11-3-4-13-35)15-19-14-20(7-8-22(19)27)32-25-21-9-12-34(16-24(21)30-18-31-25)26-23(28)6-5-10-29-26/h5-8,10,14,18,35H,3-4,9,11-13,15-17H2,1-2H3,(H,30,31,32). The number of fused-ring (bicyclic) bond motifs is 2. The Morgan fingerprint density at radius 2 is 2.00 bits per heavy atom. The second-order valence-electron chi connectivity index (χ2n) is 10.2. The van der Waals surface area contributed by atoms with Crippen LogP contribution >= 0.6 is 12.6 Å². The fourth-order valence-electron chi connectivity index (χ4n) is 5.40. The first-order valence-corrected chi connectivity index (χ1v) is 13.0. The maximum atomic E-state index is 14.3. The number of unbranched alkanes of at least 4 members (excludes halogenated alkanes) is 1. The summed E-state index contributed by atoms with van der Waals surface area (Å²) in [5.74, 6) is 1.85. The van der Waals surface area contributed by atoms with E-state index in [-0.39, 0.29) is 11.2 Å². The Morgan fingerprint density at radius 3 is 2.83 bits per heavy atom. The third kappa shape index (κ3) is 5.14. The van der Waals surface area contributed by atoms with Gasteiger partial charge in [-0.25, -0.2) is 19.3 Å². The number of hydrogen-bond acceptors (Lipinski definition) is 7. The van der Waals surface area contributed by atoms with E-state index >= 15 is 0 Å². The van der Waals surface area contributed by atoms with Gasteiger partial charge >= 0.3 is 0 Å². The normalized spacial score (nSPS) is 17.1. The molecular formula is C27H33FN6S. The van der Waals surface area contributed by atoms with E-state index in [1.165, 1.54) is 23.6 Å². The fraction of sp³-hybridized carbons (Fsp3) is 0.444. The van der Waals surface area contributed by atoms with Crippen molar-refractivity contribution >= 4 is 30.0 Å². The minimum Gasteiger partial charge on any atom is -0.348 e. The summed E-state index contributed by atoms with van der Waals surface area (Å²) < 4.78 is 14.3. The molecule has 3 aromatic rings. The van der Waals surface area contributed by atoms with Crippen LogP contribution < -0.4 is 10.2 Å². The van der Waals surface area contributed by atoms with E-state index in [1.807, 2.05) is 4.90 Å². The van der Waals surface area contributed by atoms with E-state index in [4.69, 9.17) is 0 Å². The molecule has 4 heterocycles. The quantitative estimate of drug-likeness (QED) is 0.353. The van der Waals surface area contributed by atoms with Crippen LogP contribution in [0.4, 0.5) is 21.7 Å². The molecule has 2 aromatic heterocycles. The van der Waals surface area contributed by atoms with E-state index in [2.05, 4.69) is 69.8 Å². The lowest BCUT2D eigenvalue weighted by atomic mass is 9.78. The van der Waals surface area contributed by atoms with Crippen molar-refractivity contribution in [3.63, 3.8) is 0 Å². The first-order valence-electron chi connectivity index (χ1n) is 12.4. The molecule has 0 unspecified atom stereocenters. The summed E-state index contributed by atoms with van der Waals surface area (Å²) in [6.45, 7) is 9.00. The Bertz CT molecular complexity index is 1200. The van der Waals surface area contributed by atoms with Gasteiger partial charge in [0.05, 0.1) is 12.2 Å². The lowest BCUT2D eigenvalue weighted by Gasteiger charge is -2.40. The zero-order chi connectivity index (χ0) is 24.4. The number of thiol groups is 1. The molecule has 2 aliphatic heterocycles. The van der Waals surface area contributed by atoms with Crippen molar-refractivity contribution in [2.45, 2.75) is 51.6 Å². The molecule has 0 fully saturated rings. The largest absolute Gasteiger partial charge is 0.348 e. The van der Waals surface area contributed by atoms with Crippen molar-refractivity contribution in [3.8, 4) is 0 Å². The highest BCUT2D eigenvalue weighted by Crippen LogP contribution is 2.36. The Balaban J connectivity index is 1.35. The summed E-state index contributed by atoms with van der Waals surface area (Å²) in [4.78, 5) is 17.8. The molecule has 2 aliphatic rings. The average Bonchev–Trinajstić information content (AvgIpc) is 2.84. The van der Waals surface area contributed by atoms with Crippen molar-refractivity contribution < 1.29 is 4.39 Å². The van der Waals surface area contributed by atoms with Crippen LogP contribution in [0, 0.1) is 5.82 Å². The summed E-state index contributed by atoms with van der Waals surface area (Å²) in [7, 11) is 0. The van der Waals surface area contributed by atoms with E-state index < -0.39 is 0 Å². The number of aromatic nitrogens is 3. The maximum absolute atomic E-state index is 14.3. The van der Waals surface area contributed by atoms with Crippen LogP contribution in [0.25, 0.3) is 0 Å². The van der Waals surface area contributed by atoms with Gasteiger partial charge in [-0.05, 0) is 67.0 Å². The minimum atomic E-state index is -0.306. The number of anilines is 3. The zero-order valence-corrected chi connectivity index (χ0v) is 21.4. The topological polar surface area (TPSA) is 57.2 Å². The SMILES string of the molecule is CC1(C)CN(CCCCS)Cc2cc(Nc3ncnc4c3CCN(c3ncccc3F)C4)ccc21. The molecule has 1 aromatic carbocycles. The number of halogens is 1. The highest BCUT2D eigenvalue weighted by atomic mass is 32.1. The van der Waals surface area contributed by atoms with Crippen LogP contribution in [0.15, 0.2) is 42.9 Å². The Morgan fingerprint density at radius 1 is 1.11 bits per heavy atom. The molecule has 1 N–H and O–H groups in total. The summed E-state index contributed by atoms with van der Waals surface area (Å²) >= 11 is 4.36. The van der Waals surface area contributed by atoms with Gasteiger partial charge in [0.25, 0.3) is 0 Å². The van der Waals surface area contributed by atoms with Crippen molar-refractivity contribution in [2.24, 2.45) is 0 Å².